The van der Waals surface area contributed by atoms with Gasteiger partial charge in [-0.05, 0) is 43.2 Å². The number of hydrogen-bond acceptors (Lipinski definition) is 2. The molecule has 0 saturated carbocycles. The van der Waals surface area contributed by atoms with E-state index >= 15 is 0 Å². The molecule has 106 valence electrons. The molecule has 0 aliphatic heterocycles. The third-order valence-electron chi connectivity index (χ3n) is 3.00. The van der Waals surface area contributed by atoms with Gasteiger partial charge < -0.3 is 5.73 Å². The highest BCUT2D eigenvalue weighted by Gasteiger charge is 2.17. The van der Waals surface area contributed by atoms with E-state index in [4.69, 9.17) is 28.9 Å². The van der Waals surface area contributed by atoms with Crippen LogP contribution in [-0.2, 0) is 5.54 Å². The Hall–Kier alpha value is -1.16. The van der Waals surface area contributed by atoms with Crippen LogP contribution in [0.5, 0.6) is 0 Å². The maximum Gasteiger partial charge on any atom is 0.138 e. The molecule has 0 aromatic carbocycles. The van der Waals surface area contributed by atoms with Crippen LogP contribution in [0, 0.1) is 0 Å². The van der Waals surface area contributed by atoms with Gasteiger partial charge in [-0.3, -0.25) is 0 Å². The summed E-state index contributed by atoms with van der Waals surface area (Å²) in [6, 6.07) is 3.59. The number of hydrogen-bond donors (Lipinski definition) is 1. The van der Waals surface area contributed by atoms with Crippen LogP contribution in [0.15, 0.2) is 41.2 Å². The molecule has 0 fully saturated rings. The molecule has 0 amide bonds. The summed E-state index contributed by atoms with van der Waals surface area (Å²) in [5, 5.41) is 0.534. The number of rotatable bonds is 2. The minimum atomic E-state index is -0.530. The van der Waals surface area contributed by atoms with E-state index in [-0.39, 0.29) is 5.03 Å². The van der Waals surface area contributed by atoms with Gasteiger partial charge >= 0.3 is 0 Å². The number of halogens is 3. The summed E-state index contributed by atoms with van der Waals surface area (Å²) in [5.74, 6) is -0.431. The average Bonchev–Trinajstić information content (AvgIpc) is 2.51. The summed E-state index contributed by atoms with van der Waals surface area (Å²) in [6.07, 6.45) is 5.11. The number of nitrogens with two attached hydrogens (primary N) is 1. The van der Waals surface area contributed by atoms with E-state index in [9.17, 15) is 4.39 Å². The lowest BCUT2D eigenvalue weighted by Crippen LogP contribution is -2.28. The Morgan fingerprint density at radius 2 is 1.95 bits per heavy atom. The number of nitrogens with zero attached hydrogens (tertiary/aromatic N) is 1. The van der Waals surface area contributed by atoms with Gasteiger partial charge in [0.25, 0.3) is 0 Å². The molecule has 1 aliphatic rings. The Morgan fingerprint density at radius 1 is 1.25 bits per heavy atom. The van der Waals surface area contributed by atoms with E-state index in [1.165, 1.54) is 6.08 Å². The zero-order chi connectivity index (χ0) is 14.9. The molecule has 2 nitrogen and oxygen atoms in total. The van der Waals surface area contributed by atoms with Crippen LogP contribution in [-0.4, -0.2) is 4.98 Å². The van der Waals surface area contributed by atoms with Crippen molar-refractivity contribution >= 4 is 28.8 Å². The Bertz CT molecular complexity index is 625. The van der Waals surface area contributed by atoms with Crippen LogP contribution in [0.1, 0.15) is 31.5 Å². The van der Waals surface area contributed by atoms with Gasteiger partial charge in [0.05, 0.1) is 10.7 Å². The molecule has 1 aromatic rings. The molecule has 5 heteroatoms. The van der Waals surface area contributed by atoms with Crippen LogP contribution in [0.4, 0.5) is 4.39 Å². The smallest absolute Gasteiger partial charge is 0.138 e. The summed E-state index contributed by atoms with van der Waals surface area (Å²) in [5.41, 5.74) is 7.84. The Labute approximate surface area is 127 Å². The molecule has 20 heavy (non-hydrogen) atoms. The van der Waals surface area contributed by atoms with Crippen LogP contribution < -0.4 is 5.73 Å². The van der Waals surface area contributed by atoms with Crippen molar-refractivity contribution < 1.29 is 4.39 Å². The van der Waals surface area contributed by atoms with Crippen molar-refractivity contribution in [3.63, 3.8) is 0 Å². The lowest BCUT2D eigenvalue weighted by Gasteiger charge is -2.20. The molecular formula is C15H15Cl2FN2. The maximum atomic E-state index is 13.4. The van der Waals surface area contributed by atoms with Gasteiger partial charge in [0, 0.05) is 12.0 Å². The van der Waals surface area contributed by atoms with E-state index in [0.29, 0.717) is 17.3 Å². The summed E-state index contributed by atoms with van der Waals surface area (Å²) < 4.78 is 13.4. The molecule has 0 saturated heterocycles. The molecule has 0 spiro atoms. The highest BCUT2D eigenvalue weighted by atomic mass is 35.5. The maximum absolute atomic E-state index is 13.4. The second kappa shape index (κ2) is 5.68. The van der Waals surface area contributed by atoms with Gasteiger partial charge in [-0.25, -0.2) is 9.37 Å². The third kappa shape index (κ3) is 3.48. The van der Waals surface area contributed by atoms with Crippen LogP contribution >= 0.6 is 23.2 Å². The zero-order valence-corrected chi connectivity index (χ0v) is 12.8. The van der Waals surface area contributed by atoms with Crippen molar-refractivity contribution in [1.82, 2.24) is 4.98 Å². The standard InChI is InChI=1S/C15H15Cl2FN2/c1-15(2,19)10-7-13(20-14(17)8-10)9-3-5-11(16)12(18)6-4-9/h3-4,6-8H,5,19H2,1-2H3. The van der Waals surface area contributed by atoms with Crippen molar-refractivity contribution in [2.24, 2.45) is 5.73 Å². The first kappa shape index (κ1) is 15.2. The summed E-state index contributed by atoms with van der Waals surface area (Å²) >= 11 is 11.8. The summed E-state index contributed by atoms with van der Waals surface area (Å²) in [7, 11) is 0. The molecule has 1 aliphatic carbocycles. The minimum Gasteiger partial charge on any atom is -0.322 e. The average molecular weight is 313 g/mol. The second-order valence-corrected chi connectivity index (χ2v) is 6.08. The van der Waals surface area contributed by atoms with Crippen molar-refractivity contribution in [2.75, 3.05) is 0 Å². The number of allylic oxidation sites excluding steroid dienone is 6. The van der Waals surface area contributed by atoms with E-state index in [1.54, 1.807) is 12.1 Å². The van der Waals surface area contributed by atoms with Crippen molar-refractivity contribution in [3.8, 4) is 0 Å². The summed E-state index contributed by atoms with van der Waals surface area (Å²) in [4.78, 5) is 4.27. The van der Waals surface area contributed by atoms with E-state index in [2.05, 4.69) is 4.98 Å². The highest BCUT2D eigenvalue weighted by molar-refractivity contribution is 6.30. The first-order valence-corrected chi connectivity index (χ1v) is 6.92. The predicted molar refractivity (Wildman–Crippen MR) is 82.2 cm³/mol. The molecule has 2 N–H and O–H groups in total. The van der Waals surface area contributed by atoms with Crippen LogP contribution in [0.25, 0.3) is 5.57 Å². The quantitative estimate of drug-likeness (QED) is 0.804. The lowest BCUT2D eigenvalue weighted by atomic mass is 9.95. The Balaban J connectivity index is 2.45. The molecule has 1 heterocycles. The van der Waals surface area contributed by atoms with E-state index < -0.39 is 11.4 Å². The first-order chi connectivity index (χ1) is 9.27. The van der Waals surface area contributed by atoms with Crippen molar-refractivity contribution in [1.29, 1.82) is 0 Å². The van der Waals surface area contributed by atoms with Crippen LogP contribution in [0.2, 0.25) is 5.15 Å². The monoisotopic (exact) mass is 312 g/mol. The Morgan fingerprint density at radius 3 is 2.60 bits per heavy atom. The number of aromatic nitrogens is 1. The highest BCUT2D eigenvalue weighted by Crippen LogP contribution is 2.29. The van der Waals surface area contributed by atoms with Gasteiger partial charge in [0.1, 0.15) is 11.0 Å². The van der Waals surface area contributed by atoms with E-state index in [1.807, 2.05) is 26.0 Å². The van der Waals surface area contributed by atoms with E-state index in [0.717, 1.165) is 11.1 Å². The van der Waals surface area contributed by atoms with Crippen molar-refractivity contribution in [2.45, 2.75) is 25.8 Å². The van der Waals surface area contributed by atoms with Gasteiger partial charge in [-0.1, -0.05) is 35.4 Å². The van der Waals surface area contributed by atoms with Crippen molar-refractivity contribution in [3.05, 3.63) is 57.6 Å². The zero-order valence-electron chi connectivity index (χ0n) is 11.3. The molecule has 0 bridgehead atoms. The lowest BCUT2D eigenvalue weighted by molar-refractivity contribution is 0.553. The topological polar surface area (TPSA) is 38.9 Å². The first-order valence-electron chi connectivity index (χ1n) is 6.17. The van der Waals surface area contributed by atoms with Gasteiger partial charge in [-0.15, -0.1) is 0 Å². The molecule has 0 radical (unpaired) electrons. The normalized spacial score (nSPS) is 16.2. The van der Waals surface area contributed by atoms with Gasteiger partial charge in [-0.2, -0.15) is 0 Å². The fourth-order valence-electron chi connectivity index (χ4n) is 1.83. The molecule has 1 aromatic heterocycles. The molecule has 2 rings (SSSR count). The summed E-state index contributed by atoms with van der Waals surface area (Å²) in [6.45, 7) is 3.77. The fraction of sp³-hybridized carbons (Fsp3) is 0.267. The molecule has 0 unspecified atom stereocenters. The predicted octanol–water partition coefficient (Wildman–Crippen LogP) is 4.69. The second-order valence-electron chi connectivity index (χ2n) is 5.24. The minimum absolute atomic E-state index is 0.178. The molecule has 0 atom stereocenters. The van der Waals surface area contributed by atoms with Gasteiger partial charge in [0.15, 0.2) is 0 Å². The third-order valence-corrected chi connectivity index (χ3v) is 3.53. The fourth-order valence-corrected chi connectivity index (χ4v) is 2.17. The van der Waals surface area contributed by atoms with Gasteiger partial charge in [0.2, 0.25) is 0 Å². The largest absolute Gasteiger partial charge is 0.322 e. The number of pyridine rings is 1. The molecular weight excluding hydrogens is 298 g/mol. The SMILES string of the molecule is CC(C)(N)c1cc(Cl)nc(C2=CCC(Cl)=C(F)C=C2)c1. The van der Waals surface area contributed by atoms with Crippen LogP contribution in [0.3, 0.4) is 0 Å². The Kier molecular flexibility index (Phi) is 4.33.